The van der Waals surface area contributed by atoms with Crippen LogP contribution in [-0.4, -0.2) is 38.2 Å². The topological polar surface area (TPSA) is 75.4 Å². The number of halogens is 1. The van der Waals surface area contributed by atoms with Gasteiger partial charge in [-0.25, -0.2) is 0 Å². The van der Waals surface area contributed by atoms with Crippen LogP contribution < -0.4 is 0 Å². The number of hydrogen-bond acceptors (Lipinski definition) is 3. The van der Waals surface area contributed by atoms with E-state index < -0.39 is 12.0 Å². The summed E-state index contributed by atoms with van der Waals surface area (Å²) in [5.41, 5.74) is 0.936. The first kappa shape index (κ1) is 17.2. The van der Waals surface area contributed by atoms with E-state index in [9.17, 15) is 9.59 Å². The minimum atomic E-state index is -0.927. The lowest BCUT2D eigenvalue weighted by atomic mass is 10.2. The smallest absolute Gasteiger partial charge is 0.305 e. The van der Waals surface area contributed by atoms with Crippen LogP contribution in [0.15, 0.2) is 47.2 Å². The highest BCUT2D eigenvalue weighted by Crippen LogP contribution is 2.16. The lowest BCUT2D eigenvalue weighted by Gasteiger charge is -2.25. The molecule has 1 N–H and O–H groups in total. The molecule has 1 unspecified atom stereocenters. The van der Waals surface area contributed by atoms with E-state index >= 15 is 0 Å². The average molecular weight is 380 g/mol. The third-order valence-electron chi connectivity index (χ3n) is 3.45. The first-order valence-corrected chi connectivity index (χ1v) is 8.01. The Morgan fingerprint density at radius 1 is 1.39 bits per heavy atom. The first-order chi connectivity index (χ1) is 11.0. The van der Waals surface area contributed by atoms with Crippen molar-refractivity contribution in [1.29, 1.82) is 0 Å². The summed E-state index contributed by atoms with van der Waals surface area (Å²) in [7, 11) is 0. The number of aliphatic carboxylic acids is 1. The lowest BCUT2D eigenvalue weighted by molar-refractivity contribution is -0.139. The zero-order chi connectivity index (χ0) is 16.8. The molecule has 0 fully saturated rings. The van der Waals surface area contributed by atoms with E-state index in [4.69, 9.17) is 5.11 Å². The van der Waals surface area contributed by atoms with Crippen LogP contribution in [0, 0.1) is 0 Å². The van der Waals surface area contributed by atoms with Crippen molar-refractivity contribution in [2.75, 3.05) is 6.54 Å². The molecule has 0 aliphatic heterocycles. The second-order valence-electron chi connectivity index (χ2n) is 5.20. The summed E-state index contributed by atoms with van der Waals surface area (Å²) < 4.78 is 2.48. The minimum absolute atomic E-state index is 0.0917. The molecule has 0 aliphatic carbocycles. The van der Waals surface area contributed by atoms with Crippen molar-refractivity contribution in [2.24, 2.45) is 0 Å². The van der Waals surface area contributed by atoms with E-state index in [0.717, 1.165) is 10.0 Å². The number of amides is 1. The SMILES string of the molecule is CC(C(=O)N(CCC(=O)O)Cc1cccc(Br)c1)n1cccn1. The molecule has 1 amide bonds. The van der Waals surface area contributed by atoms with Crippen molar-refractivity contribution in [3.05, 3.63) is 52.8 Å². The Morgan fingerprint density at radius 2 is 2.17 bits per heavy atom. The molecule has 0 bridgehead atoms. The molecule has 122 valence electrons. The number of rotatable bonds is 7. The highest BCUT2D eigenvalue weighted by atomic mass is 79.9. The summed E-state index contributed by atoms with van der Waals surface area (Å²) in [5, 5.41) is 13.0. The molecule has 0 aliphatic rings. The van der Waals surface area contributed by atoms with Crippen LogP contribution in [0.25, 0.3) is 0 Å². The Balaban J connectivity index is 2.15. The molecule has 1 aromatic heterocycles. The van der Waals surface area contributed by atoms with Crippen molar-refractivity contribution in [1.82, 2.24) is 14.7 Å². The number of benzene rings is 1. The van der Waals surface area contributed by atoms with Crippen molar-refractivity contribution in [2.45, 2.75) is 25.9 Å². The molecule has 1 heterocycles. The molecular formula is C16H18BrN3O3. The normalized spacial score (nSPS) is 11.9. The Kier molecular flexibility index (Phi) is 5.92. The predicted octanol–water partition coefficient (Wildman–Crippen LogP) is 2.71. The Labute approximate surface area is 142 Å². The summed E-state index contributed by atoms with van der Waals surface area (Å²) in [6.45, 7) is 2.27. The Bertz CT molecular complexity index is 673. The fraction of sp³-hybridized carbons (Fsp3) is 0.312. The first-order valence-electron chi connectivity index (χ1n) is 7.21. The maximum Gasteiger partial charge on any atom is 0.305 e. The van der Waals surface area contributed by atoms with Crippen LogP contribution in [-0.2, 0) is 16.1 Å². The highest BCUT2D eigenvalue weighted by Gasteiger charge is 2.23. The Hall–Kier alpha value is -2.15. The van der Waals surface area contributed by atoms with Crippen LogP contribution in [0.3, 0.4) is 0 Å². The molecule has 6 nitrogen and oxygen atoms in total. The maximum absolute atomic E-state index is 12.7. The number of carbonyl (C=O) groups is 2. The molecule has 1 aromatic carbocycles. The number of carbonyl (C=O) groups excluding carboxylic acids is 1. The van der Waals surface area contributed by atoms with E-state index in [-0.39, 0.29) is 18.9 Å². The predicted molar refractivity (Wildman–Crippen MR) is 88.7 cm³/mol. The monoisotopic (exact) mass is 379 g/mol. The molecule has 2 aromatic rings. The van der Waals surface area contributed by atoms with Gasteiger partial charge in [0, 0.05) is 30.0 Å². The summed E-state index contributed by atoms with van der Waals surface area (Å²) in [5.74, 6) is -1.08. The lowest BCUT2D eigenvalue weighted by Crippen LogP contribution is -2.37. The number of aromatic nitrogens is 2. The van der Waals surface area contributed by atoms with E-state index in [1.54, 1.807) is 35.0 Å². The zero-order valence-corrected chi connectivity index (χ0v) is 14.3. The number of carboxylic acid groups (broad SMARTS) is 1. The largest absolute Gasteiger partial charge is 0.481 e. The molecule has 7 heteroatoms. The Morgan fingerprint density at radius 3 is 2.78 bits per heavy atom. The maximum atomic E-state index is 12.7. The van der Waals surface area contributed by atoms with Gasteiger partial charge in [0.1, 0.15) is 6.04 Å². The van der Waals surface area contributed by atoms with Crippen LogP contribution in [0.5, 0.6) is 0 Å². The highest BCUT2D eigenvalue weighted by molar-refractivity contribution is 9.10. The number of carboxylic acids is 1. The zero-order valence-electron chi connectivity index (χ0n) is 12.7. The number of nitrogens with zero attached hydrogens (tertiary/aromatic N) is 3. The molecule has 23 heavy (non-hydrogen) atoms. The molecule has 1 atom stereocenters. The van der Waals surface area contributed by atoms with Crippen molar-refractivity contribution >= 4 is 27.8 Å². The van der Waals surface area contributed by atoms with Gasteiger partial charge < -0.3 is 10.0 Å². The van der Waals surface area contributed by atoms with Gasteiger partial charge in [0.15, 0.2) is 0 Å². The fourth-order valence-corrected chi connectivity index (χ4v) is 2.69. The van der Waals surface area contributed by atoms with Gasteiger partial charge in [0.2, 0.25) is 5.91 Å². The van der Waals surface area contributed by atoms with Gasteiger partial charge in [0.05, 0.1) is 6.42 Å². The molecular weight excluding hydrogens is 362 g/mol. The van der Waals surface area contributed by atoms with Crippen LogP contribution >= 0.6 is 15.9 Å². The van der Waals surface area contributed by atoms with Crippen LogP contribution in [0.1, 0.15) is 24.9 Å². The fourth-order valence-electron chi connectivity index (χ4n) is 2.24. The summed E-state index contributed by atoms with van der Waals surface area (Å²) in [6, 6.07) is 8.88. The third kappa shape index (κ3) is 4.92. The minimum Gasteiger partial charge on any atom is -0.481 e. The standard InChI is InChI=1S/C16H18BrN3O3/c1-12(20-8-3-7-18-20)16(23)19(9-6-15(21)22)11-13-4-2-5-14(17)10-13/h2-5,7-8,10,12H,6,9,11H2,1H3,(H,21,22). The van der Waals surface area contributed by atoms with Gasteiger partial charge in [-0.2, -0.15) is 5.10 Å². The van der Waals surface area contributed by atoms with E-state index in [1.807, 2.05) is 24.3 Å². The van der Waals surface area contributed by atoms with E-state index in [1.165, 1.54) is 0 Å². The quantitative estimate of drug-likeness (QED) is 0.802. The van der Waals surface area contributed by atoms with Gasteiger partial charge in [-0.05, 0) is 30.7 Å². The van der Waals surface area contributed by atoms with Gasteiger partial charge in [0.25, 0.3) is 0 Å². The molecule has 0 radical (unpaired) electrons. The van der Waals surface area contributed by atoms with E-state index in [0.29, 0.717) is 6.54 Å². The summed E-state index contributed by atoms with van der Waals surface area (Å²) in [6.07, 6.45) is 3.24. The molecule has 0 saturated carbocycles. The van der Waals surface area contributed by atoms with Gasteiger partial charge in [-0.1, -0.05) is 28.1 Å². The number of hydrogen-bond donors (Lipinski definition) is 1. The average Bonchev–Trinajstić information content (AvgIpc) is 3.04. The van der Waals surface area contributed by atoms with Crippen LogP contribution in [0.4, 0.5) is 0 Å². The van der Waals surface area contributed by atoms with E-state index in [2.05, 4.69) is 21.0 Å². The molecule has 0 saturated heterocycles. The van der Waals surface area contributed by atoms with Crippen molar-refractivity contribution in [3.8, 4) is 0 Å². The second kappa shape index (κ2) is 7.92. The second-order valence-corrected chi connectivity index (χ2v) is 6.11. The summed E-state index contributed by atoms with van der Waals surface area (Å²) in [4.78, 5) is 25.1. The van der Waals surface area contributed by atoms with Crippen molar-refractivity contribution < 1.29 is 14.7 Å². The third-order valence-corrected chi connectivity index (χ3v) is 3.94. The van der Waals surface area contributed by atoms with Crippen LogP contribution in [0.2, 0.25) is 0 Å². The van der Waals surface area contributed by atoms with Gasteiger partial charge in [-0.3, -0.25) is 14.3 Å². The molecule has 0 spiro atoms. The van der Waals surface area contributed by atoms with Gasteiger partial charge >= 0.3 is 5.97 Å². The van der Waals surface area contributed by atoms with Crippen molar-refractivity contribution in [3.63, 3.8) is 0 Å². The summed E-state index contributed by atoms with van der Waals surface area (Å²) >= 11 is 3.40. The van der Waals surface area contributed by atoms with Gasteiger partial charge in [-0.15, -0.1) is 0 Å². The molecule has 2 rings (SSSR count).